The Morgan fingerprint density at radius 3 is 2.46 bits per heavy atom. The highest BCUT2D eigenvalue weighted by atomic mass is 16.1. The van der Waals surface area contributed by atoms with Gasteiger partial charge in [-0.3, -0.25) is 0 Å². The van der Waals surface area contributed by atoms with Gasteiger partial charge >= 0.3 is 0 Å². The van der Waals surface area contributed by atoms with Gasteiger partial charge in [-0.25, -0.2) is 0 Å². The lowest BCUT2D eigenvalue weighted by atomic mass is 9.84. The fourth-order valence-electron chi connectivity index (χ4n) is 1.34. The van der Waals surface area contributed by atoms with E-state index in [-0.39, 0.29) is 0 Å². The second kappa shape index (κ2) is 6.88. The predicted molar refractivity (Wildman–Crippen MR) is 57.7 cm³/mol. The van der Waals surface area contributed by atoms with Crippen LogP contribution in [0.15, 0.2) is 12.2 Å². The van der Waals surface area contributed by atoms with Crippen LogP contribution in [0, 0.1) is 5.41 Å². The van der Waals surface area contributed by atoms with Gasteiger partial charge in [0, 0.05) is 6.42 Å². The zero-order valence-electron chi connectivity index (χ0n) is 9.18. The van der Waals surface area contributed by atoms with Crippen molar-refractivity contribution in [1.29, 1.82) is 0 Å². The smallest absolute Gasteiger partial charge is 0.119 e. The lowest BCUT2D eigenvalue weighted by Crippen LogP contribution is -2.09. The molecular formula is C12H22O. The summed E-state index contributed by atoms with van der Waals surface area (Å²) in [5.41, 5.74) is 0.356. The molecule has 0 saturated carbocycles. The summed E-state index contributed by atoms with van der Waals surface area (Å²) in [6, 6.07) is 0. The third kappa shape index (κ3) is 7.76. The number of carbonyl (C=O) groups is 1. The highest BCUT2D eigenvalue weighted by molar-refractivity contribution is 5.48. The lowest BCUT2D eigenvalue weighted by molar-refractivity contribution is -0.108. The normalized spacial score (nSPS) is 12.2. The van der Waals surface area contributed by atoms with Gasteiger partial charge in [-0.05, 0) is 31.1 Å². The molecule has 0 rings (SSSR count). The van der Waals surface area contributed by atoms with Gasteiger partial charge in [-0.1, -0.05) is 32.9 Å². The van der Waals surface area contributed by atoms with Gasteiger partial charge in [-0.2, -0.15) is 0 Å². The van der Waals surface area contributed by atoms with Crippen molar-refractivity contribution in [1.82, 2.24) is 0 Å². The highest BCUT2D eigenvalue weighted by Crippen LogP contribution is 2.27. The molecule has 0 aromatic heterocycles. The molecule has 0 aliphatic rings. The summed E-state index contributed by atoms with van der Waals surface area (Å²) >= 11 is 0. The molecule has 0 atom stereocenters. The Bertz CT molecular complexity index is 157. The summed E-state index contributed by atoms with van der Waals surface area (Å²) in [5.74, 6) is 0. The molecule has 76 valence electrons. The quantitative estimate of drug-likeness (QED) is 0.333. The molecule has 0 aromatic rings. The third-order valence-corrected chi connectivity index (χ3v) is 2.25. The van der Waals surface area contributed by atoms with E-state index in [0.717, 1.165) is 32.0 Å². The lowest BCUT2D eigenvalue weighted by Gasteiger charge is -2.22. The Hall–Kier alpha value is -0.590. The first-order valence-electron chi connectivity index (χ1n) is 5.21. The molecule has 0 spiro atoms. The summed E-state index contributed by atoms with van der Waals surface area (Å²) < 4.78 is 0. The Kier molecular flexibility index (Phi) is 6.56. The molecule has 0 unspecified atom stereocenters. The number of rotatable bonds is 7. The molecule has 0 fully saturated rings. The zero-order chi connectivity index (χ0) is 10.2. The van der Waals surface area contributed by atoms with Gasteiger partial charge in [0.15, 0.2) is 0 Å². The van der Waals surface area contributed by atoms with Crippen molar-refractivity contribution in [2.75, 3.05) is 0 Å². The van der Waals surface area contributed by atoms with Gasteiger partial charge < -0.3 is 4.79 Å². The van der Waals surface area contributed by atoms with E-state index in [1.54, 1.807) is 0 Å². The first-order valence-corrected chi connectivity index (χ1v) is 5.21. The second-order valence-electron chi connectivity index (χ2n) is 4.31. The van der Waals surface area contributed by atoms with E-state index in [1.807, 2.05) is 0 Å². The van der Waals surface area contributed by atoms with Gasteiger partial charge in [0.2, 0.25) is 0 Å². The Morgan fingerprint density at radius 2 is 1.92 bits per heavy atom. The summed E-state index contributed by atoms with van der Waals surface area (Å²) in [6.07, 6.45) is 10.6. The predicted octanol–water partition coefficient (Wildman–Crippen LogP) is 3.74. The van der Waals surface area contributed by atoms with Crippen LogP contribution in [0.1, 0.15) is 52.9 Å². The molecule has 0 aliphatic carbocycles. The largest absolute Gasteiger partial charge is 0.303 e. The number of unbranched alkanes of at least 4 members (excludes halogenated alkanes) is 1. The number of carbonyl (C=O) groups excluding carboxylic acids is 1. The van der Waals surface area contributed by atoms with Crippen LogP contribution in [0.2, 0.25) is 0 Å². The van der Waals surface area contributed by atoms with Crippen LogP contribution in [0.3, 0.4) is 0 Å². The maximum atomic E-state index is 10.1. The van der Waals surface area contributed by atoms with Crippen molar-refractivity contribution >= 4 is 6.29 Å². The fraction of sp³-hybridized carbons (Fsp3) is 0.750. The fourth-order valence-corrected chi connectivity index (χ4v) is 1.34. The van der Waals surface area contributed by atoms with Crippen molar-refractivity contribution in [3.05, 3.63) is 12.2 Å². The SMILES string of the molecule is CC/C=C/CC(C)(C)CCCC=O. The van der Waals surface area contributed by atoms with Crippen molar-refractivity contribution in [3.63, 3.8) is 0 Å². The average Bonchev–Trinajstić information content (AvgIpc) is 2.05. The molecule has 1 heteroatoms. The highest BCUT2D eigenvalue weighted by Gasteiger charge is 2.14. The van der Waals surface area contributed by atoms with E-state index in [1.165, 1.54) is 0 Å². The van der Waals surface area contributed by atoms with Crippen LogP contribution in [0.5, 0.6) is 0 Å². The summed E-state index contributed by atoms with van der Waals surface area (Å²) in [7, 11) is 0. The molecule has 0 aromatic carbocycles. The molecule has 0 amide bonds. The molecule has 0 heterocycles. The van der Waals surface area contributed by atoms with E-state index in [2.05, 4.69) is 32.9 Å². The summed E-state index contributed by atoms with van der Waals surface area (Å²) in [4.78, 5) is 10.1. The van der Waals surface area contributed by atoms with Gasteiger partial charge in [0.1, 0.15) is 6.29 Å². The standard InChI is InChI=1S/C12H22O/c1-4-5-6-9-12(2,3)10-7-8-11-13/h5-6,11H,4,7-10H2,1-3H3/b6-5+. The molecule has 0 saturated heterocycles. The van der Waals surface area contributed by atoms with Crippen molar-refractivity contribution in [2.24, 2.45) is 5.41 Å². The number of allylic oxidation sites excluding steroid dienone is 2. The molecule has 0 radical (unpaired) electrons. The van der Waals surface area contributed by atoms with E-state index in [4.69, 9.17) is 0 Å². The first-order chi connectivity index (χ1) is 6.12. The van der Waals surface area contributed by atoms with E-state index >= 15 is 0 Å². The van der Waals surface area contributed by atoms with Crippen LogP contribution in [0.25, 0.3) is 0 Å². The van der Waals surface area contributed by atoms with Crippen LogP contribution in [0.4, 0.5) is 0 Å². The Balaban J connectivity index is 3.65. The number of aldehydes is 1. The minimum absolute atomic E-state index is 0.356. The Morgan fingerprint density at radius 1 is 1.23 bits per heavy atom. The third-order valence-electron chi connectivity index (χ3n) is 2.25. The minimum Gasteiger partial charge on any atom is -0.303 e. The Labute approximate surface area is 82.2 Å². The van der Waals surface area contributed by atoms with Gasteiger partial charge in [-0.15, -0.1) is 0 Å². The minimum atomic E-state index is 0.356. The van der Waals surface area contributed by atoms with Gasteiger partial charge in [0.25, 0.3) is 0 Å². The molecule has 13 heavy (non-hydrogen) atoms. The molecule has 1 nitrogen and oxygen atoms in total. The van der Waals surface area contributed by atoms with Crippen molar-refractivity contribution in [3.8, 4) is 0 Å². The summed E-state index contributed by atoms with van der Waals surface area (Å²) in [5, 5.41) is 0. The van der Waals surface area contributed by atoms with Gasteiger partial charge in [0.05, 0.1) is 0 Å². The van der Waals surface area contributed by atoms with Crippen molar-refractivity contribution in [2.45, 2.75) is 52.9 Å². The molecule has 0 N–H and O–H groups in total. The van der Waals surface area contributed by atoms with Crippen LogP contribution in [-0.4, -0.2) is 6.29 Å². The zero-order valence-corrected chi connectivity index (χ0v) is 9.18. The average molecular weight is 182 g/mol. The van der Waals surface area contributed by atoms with E-state index in [9.17, 15) is 4.79 Å². The van der Waals surface area contributed by atoms with Crippen LogP contribution < -0.4 is 0 Å². The van der Waals surface area contributed by atoms with E-state index < -0.39 is 0 Å². The molecular weight excluding hydrogens is 160 g/mol. The van der Waals surface area contributed by atoms with Crippen molar-refractivity contribution < 1.29 is 4.79 Å². The van der Waals surface area contributed by atoms with Crippen LogP contribution in [-0.2, 0) is 4.79 Å². The monoisotopic (exact) mass is 182 g/mol. The topological polar surface area (TPSA) is 17.1 Å². The van der Waals surface area contributed by atoms with Crippen LogP contribution >= 0.6 is 0 Å². The first kappa shape index (κ1) is 12.4. The number of hydrogen-bond acceptors (Lipinski definition) is 1. The van der Waals surface area contributed by atoms with E-state index in [0.29, 0.717) is 11.8 Å². The summed E-state index contributed by atoms with van der Waals surface area (Å²) in [6.45, 7) is 6.67. The maximum Gasteiger partial charge on any atom is 0.119 e. The number of hydrogen-bond donors (Lipinski definition) is 0. The second-order valence-corrected chi connectivity index (χ2v) is 4.31. The maximum absolute atomic E-state index is 10.1. The molecule has 0 aliphatic heterocycles. The molecule has 0 bridgehead atoms.